The average molecular weight is 346 g/mol. The van der Waals surface area contributed by atoms with Crippen molar-refractivity contribution in [1.82, 2.24) is 5.32 Å². The van der Waals surface area contributed by atoms with Crippen molar-refractivity contribution in [2.24, 2.45) is 0 Å². The van der Waals surface area contributed by atoms with E-state index in [1.807, 2.05) is 36.0 Å². The smallest absolute Gasteiger partial charge is 0.119 e. The quantitative estimate of drug-likeness (QED) is 0.602. The summed E-state index contributed by atoms with van der Waals surface area (Å²) in [5.41, 5.74) is 0. The summed E-state index contributed by atoms with van der Waals surface area (Å²) < 4.78 is 6.72. The van der Waals surface area contributed by atoms with Gasteiger partial charge in [0.15, 0.2) is 0 Å². The lowest BCUT2D eigenvalue weighted by atomic mass is 10.2. The minimum atomic E-state index is 0.730. The fourth-order valence-electron chi connectivity index (χ4n) is 1.75. The lowest BCUT2D eigenvalue weighted by molar-refractivity contribution is 0.313. The van der Waals surface area contributed by atoms with E-state index >= 15 is 0 Å². The summed E-state index contributed by atoms with van der Waals surface area (Å²) in [6, 6.07) is 7.96. The first-order chi connectivity index (χ1) is 9.33. The Hall–Kier alpha value is -0.190. The van der Waals surface area contributed by atoms with E-state index < -0.39 is 0 Å². The molecule has 0 amide bonds. The van der Waals surface area contributed by atoms with Gasteiger partial charge < -0.3 is 10.1 Å². The molecule has 0 aliphatic carbocycles. The van der Waals surface area contributed by atoms with E-state index in [4.69, 9.17) is 4.74 Å². The van der Waals surface area contributed by atoms with Gasteiger partial charge in [-0.1, -0.05) is 28.8 Å². The molecule has 0 saturated heterocycles. The second-order valence-electron chi connectivity index (χ2n) is 4.46. The first-order valence-electron chi connectivity index (χ1n) is 6.91. The van der Waals surface area contributed by atoms with Crippen LogP contribution >= 0.6 is 27.7 Å². The van der Waals surface area contributed by atoms with Gasteiger partial charge >= 0.3 is 0 Å². The zero-order valence-corrected chi connectivity index (χ0v) is 14.1. The third-order valence-corrected chi connectivity index (χ3v) is 4.04. The minimum absolute atomic E-state index is 0.730. The van der Waals surface area contributed by atoms with Gasteiger partial charge in [-0.15, -0.1) is 0 Å². The van der Waals surface area contributed by atoms with Crippen LogP contribution in [0.1, 0.15) is 25.7 Å². The molecule has 0 saturated carbocycles. The largest absolute Gasteiger partial charge is 0.492 e. The Morgan fingerprint density at radius 1 is 1.05 bits per heavy atom. The number of hydrogen-bond acceptors (Lipinski definition) is 3. The third-order valence-electron chi connectivity index (χ3n) is 2.81. The second kappa shape index (κ2) is 11.6. The van der Waals surface area contributed by atoms with Crippen LogP contribution in [0.25, 0.3) is 0 Å². The van der Waals surface area contributed by atoms with E-state index in [1.165, 1.54) is 31.4 Å². The van der Waals surface area contributed by atoms with E-state index in [9.17, 15) is 0 Å². The number of halogens is 1. The highest BCUT2D eigenvalue weighted by molar-refractivity contribution is 9.10. The van der Waals surface area contributed by atoms with Crippen LogP contribution in [-0.2, 0) is 0 Å². The maximum atomic E-state index is 5.63. The molecule has 1 N–H and O–H groups in total. The van der Waals surface area contributed by atoms with Crippen molar-refractivity contribution < 1.29 is 4.74 Å². The molecule has 0 atom stereocenters. The van der Waals surface area contributed by atoms with Gasteiger partial charge in [-0.05, 0) is 55.7 Å². The van der Waals surface area contributed by atoms with Crippen LogP contribution in [0, 0.1) is 0 Å². The van der Waals surface area contributed by atoms with Crippen LogP contribution in [0.2, 0.25) is 0 Å². The van der Waals surface area contributed by atoms with Crippen LogP contribution in [-0.4, -0.2) is 31.7 Å². The highest BCUT2D eigenvalue weighted by Crippen LogP contribution is 2.15. The molecule has 1 rings (SSSR count). The first kappa shape index (κ1) is 16.9. The van der Waals surface area contributed by atoms with E-state index in [2.05, 4.69) is 27.5 Å². The van der Waals surface area contributed by atoms with E-state index in [1.54, 1.807) is 0 Å². The second-order valence-corrected chi connectivity index (χ2v) is 6.36. The average Bonchev–Trinajstić information content (AvgIpc) is 2.43. The predicted molar refractivity (Wildman–Crippen MR) is 89.4 cm³/mol. The fraction of sp³-hybridized carbons (Fsp3) is 0.600. The Labute approximate surface area is 129 Å². The van der Waals surface area contributed by atoms with Crippen molar-refractivity contribution >= 4 is 27.7 Å². The molecule has 0 fully saturated rings. The van der Waals surface area contributed by atoms with Crippen LogP contribution < -0.4 is 10.1 Å². The van der Waals surface area contributed by atoms with E-state index in [0.717, 1.165) is 29.9 Å². The van der Waals surface area contributed by atoms with Crippen LogP contribution in [0.15, 0.2) is 28.7 Å². The number of hydrogen-bond donors (Lipinski definition) is 1. The Kier molecular flexibility index (Phi) is 10.3. The molecule has 0 aromatic heterocycles. The van der Waals surface area contributed by atoms with Crippen LogP contribution in [0.4, 0.5) is 0 Å². The molecular weight excluding hydrogens is 322 g/mol. The molecule has 0 radical (unpaired) electrons. The van der Waals surface area contributed by atoms with Crippen molar-refractivity contribution in [3.63, 3.8) is 0 Å². The SMILES string of the molecule is CSCCCCCCNCCOc1ccc(Br)cc1. The number of unbranched alkanes of at least 4 members (excludes halogenated alkanes) is 3. The summed E-state index contributed by atoms with van der Waals surface area (Å²) in [7, 11) is 0. The highest BCUT2D eigenvalue weighted by atomic mass is 79.9. The first-order valence-corrected chi connectivity index (χ1v) is 9.09. The lowest BCUT2D eigenvalue weighted by Crippen LogP contribution is -2.22. The van der Waals surface area contributed by atoms with Gasteiger partial charge in [0, 0.05) is 11.0 Å². The molecule has 0 bridgehead atoms. The van der Waals surface area contributed by atoms with Gasteiger partial charge in [0.1, 0.15) is 12.4 Å². The van der Waals surface area contributed by atoms with E-state index in [0.29, 0.717) is 0 Å². The molecule has 2 nitrogen and oxygen atoms in total. The van der Waals surface area contributed by atoms with E-state index in [-0.39, 0.29) is 0 Å². The Bertz CT molecular complexity index is 318. The number of rotatable bonds is 11. The molecule has 0 heterocycles. The van der Waals surface area contributed by atoms with Gasteiger partial charge in [0.25, 0.3) is 0 Å². The predicted octanol–water partition coefficient (Wildman–Crippen LogP) is 4.34. The van der Waals surface area contributed by atoms with Crippen molar-refractivity contribution in [1.29, 1.82) is 0 Å². The Morgan fingerprint density at radius 2 is 1.79 bits per heavy atom. The molecule has 0 unspecified atom stereocenters. The molecule has 108 valence electrons. The van der Waals surface area contributed by atoms with Crippen molar-refractivity contribution in [2.45, 2.75) is 25.7 Å². The molecule has 4 heteroatoms. The van der Waals surface area contributed by atoms with Crippen molar-refractivity contribution in [3.05, 3.63) is 28.7 Å². The number of ether oxygens (including phenoxy) is 1. The molecule has 0 aliphatic heterocycles. The number of thioether (sulfide) groups is 1. The van der Waals surface area contributed by atoms with Gasteiger partial charge in [0.05, 0.1) is 0 Å². The standard InChI is InChI=1S/C15H24BrNOS/c1-19-13-5-3-2-4-10-17-11-12-18-15-8-6-14(16)7-9-15/h6-9,17H,2-5,10-13H2,1H3. The summed E-state index contributed by atoms with van der Waals surface area (Å²) >= 11 is 5.35. The summed E-state index contributed by atoms with van der Waals surface area (Å²) in [5.74, 6) is 2.23. The van der Waals surface area contributed by atoms with Gasteiger partial charge in [-0.2, -0.15) is 11.8 Å². The third kappa shape index (κ3) is 9.36. The molecule has 1 aromatic carbocycles. The summed E-state index contributed by atoms with van der Waals surface area (Å²) in [6.45, 7) is 2.75. The van der Waals surface area contributed by atoms with Gasteiger partial charge in [-0.3, -0.25) is 0 Å². The monoisotopic (exact) mass is 345 g/mol. The van der Waals surface area contributed by atoms with Crippen molar-refractivity contribution in [3.8, 4) is 5.75 Å². The Balaban J connectivity index is 1.87. The lowest BCUT2D eigenvalue weighted by Gasteiger charge is -2.07. The minimum Gasteiger partial charge on any atom is -0.492 e. The summed E-state index contributed by atoms with van der Waals surface area (Å²) in [4.78, 5) is 0. The van der Waals surface area contributed by atoms with Crippen molar-refractivity contribution in [2.75, 3.05) is 31.7 Å². The zero-order valence-electron chi connectivity index (χ0n) is 11.7. The highest BCUT2D eigenvalue weighted by Gasteiger charge is 1.94. The fourth-order valence-corrected chi connectivity index (χ4v) is 2.50. The summed E-state index contributed by atoms with van der Waals surface area (Å²) in [5, 5.41) is 3.42. The Morgan fingerprint density at radius 3 is 2.53 bits per heavy atom. The van der Waals surface area contributed by atoms with Gasteiger partial charge in [0.2, 0.25) is 0 Å². The zero-order chi connectivity index (χ0) is 13.8. The van der Waals surface area contributed by atoms with Crippen LogP contribution in [0.5, 0.6) is 5.75 Å². The molecule has 1 aromatic rings. The maximum Gasteiger partial charge on any atom is 0.119 e. The molecule has 0 aliphatic rings. The molecule has 0 spiro atoms. The molecule has 19 heavy (non-hydrogen) atoms. The topological polar surface area (TPSA) is 21.3 Å². The van der Waals surface area contributed by atoms with Crippen LogP contribution in [0.3, 0.4) is 0 Å². The number of benzene rings is 1. The number of nitrogens with one attached hydrogen (secondary N) is 1. The normalized spacial score (nSPS) is 10.6. The van der Waals surface area contributed by atoms with Gasteiger partial charge in [-0.25, -0.2) is 0 Å². The maximum absolute atomic E-state index is 5.63. The summed E-state index contributed by atoms with van der Waals surface area (Å²) in [6.07, 6.45) is 7.49. The molecular formula is C15H24BrNOS.